The largest absolute Gasteiger partial charge is 0.495 e. The van der Waals surface area contributed by atoms with Crippen molar-refractivity contribution in [3.05, 3.63) is 113 Å². The van der Waals surface area contributed by atoms with Crippen molar-refractivity contribution in [1.82, 2.24) is 5.43 Å². The van der Waals surface area contributed by atoms with E-state index < -0.39 is 22.5 Å². The molecule has 0 spiro atoms. The molecule has 228 valence electrons. The molecule has 0 aliphatic carbocycles. The van der Waals surface area contributed by atoms with Crippen molar-refractivity contribution in [1.29, 1.82) is 0 Å². The van der Waals surface area contributed by atoms with Crippen LogP contribution < -0.4 is 24.5 Å². The number of hydrogen-bond donors (Lipinski definition) is 2. The Bertz CT molecular complexity index is 1760. The first-order valence-corrected chi connectivity index (χ1v) is 15.2. The van der Waals surface area contributed by atoms with Gasteiger partial charge in [0.25, 0.3) is 21.8 Å². The number of carbonyl (C=O) groups is 2. The zero-order chi connectivity index (χ0) is 31.7. The van der Waals surface area contributed by atoms with Crippen LogP contribution in [0.2, 0.25) is 5.02 Å². The number of anilines is 2. The Morgan fingerprint density at radius 1 is 0.932 bits per heavy atom. The first-order chi connectivity index (χ1) is 21.1. The topological polar surface area (TPSA) is 126 Å². The molecule has 0 radical (unpaired) electrons. The summed E-state index contributed by atoms with van der Waals surface area (Å²) in [6.45, 7) is 2.85. The van der Waals surface area contributed by atoms with Crippen LogP contribution >= 0.6 is 11.6 Å². The lowest BCUT2D eigenvalue weighted by Crippen LogP contribution is -2.40. The van der Waals surface area contributed by atoms with Crippen LogP contribution in [-0.2, 0) is 19.6 Å². The molecule has 0 fully saturated rings. The maximum Gasteiger partial charge on any atom is 0.264 e. The number of sulfonamides is 1. The smallest absolute Gasteiger partial charge is 0.264 e. The number of benzene rings is 4. The second-order valence-electron chi connectivity index (χ2n) is 9.65. The maximum absolute atomic E-state index is 13.6. The van der Waals surface area contributed by atoms with Crippen LogP contribution in [0.1, 0.15) is 16.7 Å². The molecule has 0 saturated heterocycles. The van der Waals surface area contributed by atoms with Gasteiger partial charge in [0.1, 0.15) is 18.0 Å². The third-order valence-corrected chi connectivity index (χ3v) is 8.37. The predicted octanol–water partition coefficient (Wildman–Crippen LogP) is 5.33. The van der Waals surface area contributed by atoms with Crippen molar-refractivity contribution >= 4 is 51.0 Å². The van der Waals surface area contributed by atoms with Crippen LogP contribution in [0.15, 0.2) is 101 Å². The first-order valence-electron chi connectivity index (χ1n) is 13.4. The van der Waals surface area contributed by atoms with E-state index in [0.717, 1.165) is 9.87 Å². The average Bonchev–Trinajstić information content (AvgIpc) is 3.00. The van der Waals surface area contributed by atoms with Gasteiger partial charge in [-0.25, -0.2) is 13.8 Å². The SMILES string of the molecule is COc1ccccc1NC(=O)COc1ccc(/C=N\NC(=O)CN(c2ccc(Cl)cc2C)S(=O)(=O)c2ccc(C)cc2)cc1. The summed E-state index contributed by atoms with van der Waals surface area (Å²) in [6, 6.07) is 24.9. The second kappa shape index (κ2) is 14.5. The number of nitrogens with one attached hydrogen (secondary N) is 2. The molecule has 4 aromatic rings. The molecule has 2 N–H and O–H groups in total. The highest BCUT2D eigenvalue weighted by molar-refractivity contribution is 7.92. The van der Waals surface area contributed by atoms with E-state index in [1.807, 2.05) is 6.92 Å². The van der Waals surface area contributed by atoms with E-state index in [2.05, 4.69) is 15.8 Å². The van der Waals surface area contributed by atoms with Crippen molar-refractivity contribution in [2.75, 3.05) is 29.9 Å². The quantitative estimate of drug-likeness (QED) is 0.160. The van der Waals surface area contributed by atoms with Crippen LogP contribution in [-0.4, -0.2) is 46.7 Å². The average molecular weight is 635 g/mol. The molecule has 0 bridgehead atoms. The van der Waals surface area contributed by atoms with Gasteiger partial charge in [-0.3, -0.25) is 13.9 Å². The molecule has 4 aromatic carbocycles. The molecule has 2 amide bonds. The Morgan fingerprint density at radius 2 is 1.64 bits per heavy atom. The van der Waals surface area contributed by atoms with E-state index in [-0.39, 0.29) is 17.4 Å². The highest BCUT2D eigenvalue weighted by Gasteiger charge is 2.28. The molecule has 0 heterocycles. The molecule has 12 heteroatoms. The van der Waals surface area contributed by atoms with Crippen molar-refractivity contribution < 1.29 is 27.5 Å². The minimum Gasteiger partial charge on any atom is -0.495 e. The Labute approximate surface area is 261 Å². The Morgan fingerprint density at radius 3 is 2.32 bits per heavy atom. The number of methoxy groups -OCH3 is 1. The van der Waals surface area contributed by atoms with E-state index in [4.69, 9.17) is 21.1 Å². The van der Waals surface area contributed by atoms with E-state index in [9.17, 15) is 18.0 Å². The van der Waals surface area contributed by atoms with Gasteiger partial charge in [0.2, 0.25) is 0 Å². The molecule has 0 saturated carbocycles. The van der Waals surface area contributed by atoms with Crippen molar-refractivity contribution in [3.8, 4) is 11.5 Å². The molecule has 44 heavy (non-hydrogen) atoms. The lowest BCUT2D eigenvalue weighted by molar-refractivity contribution is -0.119. The molecular weight excluding hydrogens is 604 g/mol. The van der Waals surface area contributed by atoms with E-state index in [1.54, 1.807) is 85.8 Å². The van der Waals surface area contributed by atoms with Crippen molar-refractivity contribution in [3.63, 3.8) is 0 Å². The second-order valence-corrected chi connectivity index (χ2v) is 12.0. The molecule has 0 unspecified atom stereocenters. The van der Waals surface area contributed by atoms with Gasteiger partial charge in [0, 0.05) is 5.02 Å². The van der Waals surface area contributed by atoms with Crippen LogP contribution in [0.3, 0.4) is 0 Å². The molecular formula is C32H31ClN4O6S. The number of amides is 2. The zero-order valence-corrected chi connectivity index (χ0v) is 25.9. The van der Waals surface area contributed by atoms with Gasteiger partial charge in [-0.05, 0) is 91.7 Å². The Hall–Kier alpha value is -4.87. The number of hydrazone groups is 1. The fourth-order valence-corrected chi connectivity index (χ4v) is 5.83. The minimum atomic E-state index is -4.09. The molecule has 0 atom stereocenters. The molecule has 4 rings (SSSR count). The van der Waals surface area contributed by atoms with Gasteiger partial charge in [0.15, 0.2) is 6.61 Å². The van der Waals surface area contributed by atoms with Crippen LogP contribution in [0, 0.1) is 13.8 Å². The van der Waals surface area contributed by atoms with Crippen LogP contribution in [0.25, 0.3) is 0 Å². The number of rotatable bonds is 12. The third-order valence-electron chi connectivity index (χ3n) is 6.36. The number of hydrogen-bond acceptors (Lipinski definition) is 7. The van der Waals surface area contributed by atoms with E-state index >= 15 is 0 Å². The van der Waals surface area contributed by atoms with E-state index in [0.29, 0.717) is 39.0 Å². The number of halogens is 1. The lowest BCUT2D eigenvalue weighted by Gasteiger charge is -2.25. The van der Waals surface area contributed by atoms with Crippen LogP contribution in [0.4, 0.5) is 11.4 Å². The summed E-state index contributed by atoms with van der Waals surface area (Å²) in [5.74, 6) is -0.00342. The summed E-state index contributed by atoms with van der Waals surface area (Å²) >= 11 is 6.09. The lowest BCUT2D eigenvalue weighted by atomic mass is 10.2. The summed E-state index contributed by atoms with van der Waals surface area (Å²) in [6.07, 6.45) is 1.41. The Kier molecular flexibility index (Phi) is 10.6. The molecule has 10 nitrogen and oxygen atoms in total. The monoisotopic (exact) mass is 634 g/mol. The number of para-hydroxylation sites is 2. The summed E-state index contributed by atoms with van der Waals surface area (Å²) in [5, 5.41) is 7.15. The summed E-state index contributed by atoms with van der Waals surface area (Å²) in [4.78, 5) is 25.2. The number of carbonyl (C=O) groups excluding carboxylic acids is 2. The summed E-state index contributed by atoms with van der Waals surface area (Å²) in [7, 11) is -2.57. The fourth-order valence-electron chi connectivity index (χ4n) is 4.11. The normalized spacial score (nSPS) is 11.2. The van der Waals surface area contributed by atoms with Gasteiger partial charge in [0.05, 0.1) is 29.6 Å². The van der Waals surface area contributed by atoms with Gasteiger partial charge in [-0.1, -0.05) is 41.4 Å². The molecule has 0 aliphatic heterocycles. The number of ether oxygens (including phenoxy) is 2. The van der Waals surface area contributed by atoms with Crippen molar-refractivity contribution in [2.24, 2.45) is 5.10 Å². The van der Waals surface area contributed by atoms with Gasteiger partial charge in [-0.15, -0.1) is 0 Å². The van der Waals surface area contributed by atoms with Gasteiger partial charge >= 0.3 is 0 Å². The van der Waals surface area contributed by atoms with Gasteiger partial charge in [-0.2, -0.15) is 5.10 Å². The third kappa shape index (κ3) is 8.36. The fraction of sp³-hybridized carbons (Fsp3) is 0.156. The van der Waals surface area contributed by atoms with Crippen molar-refractivity contribution in [2.45, 2.75) is 18.7 Å². The first kappa shape index (κ1) is 32.1. The van der Waals surface area contributed by atoms with E-state index in [1.165, 1.54) is 25.5 Å². The Balaban J connectivity index is 1.37. The predicted molar refractivity (Wildman–Crippen MR) is 171 cm³/mol. The van der Waals surface area contributed by atoms with Crippen LogP contribution in [0.5, 0.6) is 11.5 Å². The number of nitrogens with zero attached hydrogens (tertiary/aromatic N) is 2. The highest BCUT2D eigenvalue weighted by Crippen LogP contribution is 2.29. The standard InChI is InChI=1S/C32H31ClN4O6S/c1-22-8-15-27(16-9-22)44(40,41)37(29-17-12-25(33)18-23(29)2)20-31(38)36-34-19-24-10-13-26(14-11-24)43-21-32(39)35-28-6-4-5-7-30(28)42-3/h4-19H,20-21H2,1-3H3,(H,35,39)(H,36,38)/b34-19-. The molecule has 0 aromatic heterocycles. The summed E-state index contributed by atoms with van der Waals surface area (Å²) in [5.41, 5.74) is 5.37. The summed E-state index contributed by atoms with van der Waals surface area (Å²) < 4.78 is 39.0. The molecule has 0 aliphatic rings. The number of aryl methyl sites for hydroxylation is 2. The highest BCUT2D eigenvalue weighted by atomic mass is 35.5. The minimum absolute atomic E-state index is 0.0494. The maximum atomic E-state index is 13.6. The van der Waals surface area contributed by atoms with Gasteiger partial charge < -0.3 is 14.8 Å². The zero-order valence-electron chi connectivity index (χ0n) is 24.3.